The van der Waals surface area contributed by atoms with Gasteiger partial charge in [-0.25, -0.2) is 4.98 Å². The van der Waals surface area contributed by atoms with E-state index in [1.54, 1.807) is 24.1 Å². The van der Waals surface area contributed by atoms with Gasteiger partial charge in [-0.3, -0.25) is 9.78 Å². The maximum absolute atomic E-state index is 12.5. The SMILES string of the molecule is O=C(Nc1ccc(-c2nncs2)cc1)C1CCN(c2cnccn2)CC1. The quantitative estimate of drug-likeness (QED) is 0.764. The number of nitrogens with zero attached hydrogens (tertiary/aromatic N) is 5. The van der Waals surface area contributed by atoms with Crippen molar-refractivity contribution in [2.24, 2.45) is 5.92 Å². The van der Waals surface area contributed by atoms with Crippen LogP contribution in [0.1, 0.15) is 12.8 Å². The Balaban J connectivity index is 1.33. The van der Waals surface area contributed by atoms with E-state index < -0.39 is 0 Å². The normalized spacial score (nSPS) is 15.0. The minimum absolute atomic E-state index is 0.0192. The smallest absolute Gasteiger partial charge is 0.227 e. The van der Waals surface area contributed by atoms with Gasteiger partial charge in [0.15, 0.2) is 0 Å². The zero-order chi connectivity index (χ0) is 17.8. The molecule has 26 heavy (non-hydrogen) atoms. The molecule has 1 aliphatic rings. The lowest BCUT2D eigenvalue weighted by atomic mass is 9.96. The molecule has 1 saturated heterocycles. The number of carbonyl (C=O) groups excluding carboxylic acids is 1. The summed E-state index contributed by atoms with van der Waals surface area (Å²) in [7, 11) is 0. The van der Waals surface area contributed by atoms with Gasteiger partial charge in [-0.05, 0) is 37.1 Å². The summed E-state index contributed by atoms with van der Waals surface area (Å²) in [6, 6.07) is 7.71. The molecule has 4 rings (SSSR count). The number of hydrogen-bond donors (Lipinski definition) is 1. The number of amides is 1. The van der Waals surface area contributed by atoms with E-state index in [0.717, 1.165) is 48.0 Å². The average molecular weight is 366 g/mol. The number of benzene rings is 1. The Morgan fingerprint density at radius 3 is 2.62 bits per heavy atom. The first kappa shape index (κ1) is 16.6. The van der Waals surface area contributed by atoms with E-state index in [9.17, 15) is 4.79 Å². The molecule has 3 aromatic rings. The molecule has 0 spiro atoms. The Morgan fingerprint density at radius 2 is 1.96 bits per heavy atom. The highest BCUT2D eigenvalue weighted by molar-refractivity contribution is 7.12. The molecule has 0 bridgehead atoms. The fraction of sp³-hybridized carbons (Fsp3) is 0.278. The van der Waals surface area contributed by atoms with Gasteiger partial charge in [-0.2, -0.15) is 0 Å². The summed E-state index contributed by atoms with van der Waals surface area (Å²) in [5.41, 5.74) is 3.51. The number of carbonyl (C=O) groups is 1. The van der Waals surface area contributed by atoms with Crippen molar-refractivity contribution in [3.63, 3.8) is 0 Å². The summed E-state index contributed by atoms with van der Waals surface area (Å²) in [5, 5.41) is 11.8. The second-order valence-electron chi connectivity index (χ2n) is 6.14. The van der Waals surface area contributed by atoms with E-state index in [1.165, 1.54) is 11.3 Å². The van der Waals surface area contributed by atoms with Gasteiger partial charge < -0.3 is 10.2 Å². The molecular formula is C18H18N6OS. The molecule has 0 aliphatic carbocycles. The molecule has 3 heterocycles. The Bertz CT molecular complexity index is 845. The lowest BCUT2D eigenvalue weighted by molar-refractivity contribution is -0.120. The Hall–Kier alpha value is -2.87. The van der Waals surface area contributed by atoms with Crippen LogP contribution in [0.15, 0.2) is 48.4 Å². The first-order valence-corrected chi connectivity index (χ1v) is 9.36. The molecule has 0 radical (unpaired) electrons. The van der Waals surface area contributed by atoms with Gasteiger partial charge in [0.2, 0.25) is 5.91 Å². The third-order valence-corrected chi connectivity index (χ3v) is 5.24. The molecule has 8 heteroatoms. The maximum Gasteiger partial charge on any atom is 0.227 e. The van der Waals surface area contributed by atoms with Gasteiger partial charge in [0.05, 0.1) is 6.20 Å². The number of hydrogen-bond acceptors (Lipinski definition) is 7. The minimum atomic E-state index is 0.0192. The van der Waals surface area contributed by atoms with Gasteiger partial charge in [-0.15, -0.1) is 10.2 Å². The van der Waals surface area contributed by atoms with E-state index in [4.69, 9.17) is 0 Å². The third kappa shape index (κ3) is 3.70. The van der Waals surface area contributed by atoms with Gasteiger partial charge >= 0.3 is 0 Å². The number of nitrogens with one attached hydrogen (secondary N) is 1. The Labute approximate surface area is 155 Å². The number of aromatic nitrogens is 4. The first-order valence-electron chi connectivity index (χ1n) is 8.48. The third-order valence-electron chi connectivity index (χ3n) is 4.50. The van der Waals surface area contributed by atoms with Gasteiger partial charge in [0.1, 0.15) is 16.3 Å². The van der Waals surface area contributed by atoms with Crippen LogP contribution in [0, 0.1) is 5.92 Å². The standard InChI is InChI=1S/C18H18N6OS/c25-17(13-5-9-24(10-6-13)16-11-19-7-8-20-16)22-15-3-1-14(2-4-15)18-23-21-12-26-18/h1-4,7-8,11-13H,5-6,9-10H2,(H,22,25). The molecule has 7 nitrogen and oxygen atoms in total. The second-order valence-corrected chi connectivity index (χ2v) is 6.97. The summed E-state index contributed by atoms with van der Waals surface area (Å²) >= 11 is 1.49. The van der Waals surface area contributed by atoms with Gasteiger partial charge in [-0.1, -0.05) is 11.3 Å². The molecule has 1 aliphatic heterocycles. The molecule has 0 atom stereocenters. The van der Waals surface area contributed by atoms with Crippen LogP contribution >= 0.6 is 11.3 Å². The Kier molecular flexibility index (Phi) is 4.83. The second kappa shape index (κ2) is 7.57. The molecule has 1 fully saturated rings. The molecule has 0 saturated carbocycles. The van der Waals surface area contributed by atoms with Crippen LogP contribution in [0.5, 0.6) is 0 Å². The molecule has 1 N–H and O–H groups in total. The number of piperidine rings is 1. The summed E-state index contributed by atoms with van der Waals surface area (Å²) in [5.74, 6) is 0.969. The van der Waals surface area contributed by atoms with Crippen molar-refractivity contribution in [2.75, 3.05) is 23.3 Å². The largest absolute Gasteiger partial charge is 0.355 e. The lowest BCUT2D eigenvalue weighted by Crippen LogP contribution is -2.38. The van der Waals surface area contributed by atoms with E-state index >= 15 is 0 Å². The maximum atomic E-state index is 12.5. The summed E-state index contributed by atoms with van der Waals surface area (Å²) < 4.78 is 0. The highest BCUT2D eigenvalue weighted by Crippen LogP contribution is 2.25. The molecule has 132 valence electrons. The van der Waals surface area contributed by atoms with Crippen molar-refractivity contribution < 1.29 is 4.79 Å². The van der Waals surface area contributed by atoms with Crippen LogP contribution in [0.25, 0.3) is 10.6 Å². The van der Waals surface area contributed by atoms with Crippen molar-refractivity contribution >= 4 is 28.7 Å². The molecule has 1 amide bonds. The van der Waals surface area contributed by atoms with Gasteiger partial charge in [0, 0.05) is 42.7 Å². The average Bonchev–Trinajstić information content (AvgIpc) is 3.24. The number of rotatable bonds is 4. The van der Waals surface area contributed by atoms with E-state index in [2.05, 4.69) is 30.4 Å². The van der Waals surface area contributed by atoms with Crippen LogP contribution in [-0.4, -0.2) is 39.2 Å². The summed E-state index contributed by atoms with van der Waals surface area (Å²) in [6.07, 6.45) is 6.75. The fourth-order valence-corrected chi connectivity index (χ4v) is 3.63. The highest BCUT2D eigenvalue weighted by Gasteiger charge is 2.25. The van der Waals surface area contributed by atoms with Crippen molar-refractivity contribution in [3.05, 3.63) is 48.4 Å². The molecule has 2 aromatic heterocycles. The van der Waals surface area contributed by atoms with Crippen molar-refractivity contribution in [1.29, 1.82) is 0 Å². The van der Waals surface area contributed by atoms with Crippen molar-refractivity contribution in [2.45, 2.75) is 12.8 Å². The molecule has 0 unspecified atom stereocenters. The number of anilines is 2. The Morgan fingerprint density at radius 1 is 1.15 bits per heavy atom. The van der Waals surface area contributed by atoms with Gasteiger partial charge in [0.25, 0.3) is 0 Å². The van der Waals surface area contributed by atoms with Crippen LogP contribution in [-0.2, 0) is 4.79 Å². The zero-order valence-electron chi connectivity index (χ0n) is 14.1. The van der Waals surface area contributed by atoms with E-state index in [0.29, 0.717) is 0 Å². The van der Waals surface area contributed by atoms with Crippen molar-refractivity contribution in [3.8, 4) is 10.6 Å². The highest BCUT2D eigenvalue weighted by atomic mass is 32.1. The van der Waals surface area contributed by atoms with Crippen LogP contribution in [0.2, 0.25) is 0 Å². The first-order chi connectivity index (χ1) is 12.8. The topological polar surface area (TPSA) is 83.9 Å². The summed E-state index contributed by atoms with van der Waals surface area (Å²) in [4.78, 5) is 23.1. The summed E-state index contributed by atoms with van der Waals surface area (Å²) in [6.45, 7) is 1.62. The zero-order valence-corrected chi connectivity index (χ0v) is 14.9. The predicted molar refractivity (Wildman–Crippen MR) is 101 cm³/mol. The van der Waals surface area contributed by atoms with Crippen LogP contribution in [0.3, 0.4) is 0 Å². The van der Waals surface area contributed by atoms with Crippen LogP contribution < -0.4 is 10.2 Å². The van der Waals surface area contributed by atoms with E-state index in [1.807, 2.05) is 24.3 Å². The van der Waals surface area contributed by atoms with Crippen molar-refractivity contribution in [1.82, 2.24) is 20.2 Å². The predicted octanol–water partition coefficient (Wildman–Crippen LogP) is 2.85. The molecule has 1 aromatic carbocycles. The fourth-order valence-electron chi connectivity index (χ4n) is 3.06. The van der Waals surface area contributed by atoms with Crippen LogP contribution in [0.4, 0.5) is 11.5 Å². The lowest BCUT2D eigenvalue weighted by Gasteiger charge is -2.31. The molecular weight excluding hydrogens is 348 g/mol. The van der Waals surface area contributed by atoms with E-state index in [-0.39, 0.29) is 11.8 Å². The minimum Gasteiger partial charge on any atom is -0.355 e. The monoisotopic (exact) mass is 366 g/mol.